The van der Waals surface area contributed by atoms with Crippen LogP contribution in [0.1, 0.15) is 24.3 Å². The van der Waals surface area contributed by atoms with E-state index in [4.69, 9.17) is 9.94 Å². The second kappa shape index (κ2) is 6.73. The number of thiophene rings is 1. The summed E-state index contributed by atoms with van der Waals surface area (Å²) in [5, 5.41) is 10.7. The molecule has 0 fully saturated rings. The van der Waals surface area contributed by atoms with Crippen LogP contribution in [0.3, 0.4) is 0 Å². The maximum absolute atomic E-state index is 10.5. The molecule has 0 saturated carbocycles. The van der Waals surface area contributed by atoms with Crippen molar-refractivity contribution < 1.29 is 14.7 Å². The third kappa shape index (κ3) is 6.54. The molecule has 2 N–H and O–H groups in total. The van der Waals surface area contributed by atoms with Gasteiger partial charge >= 0.3 is 6.09 Å². The minimum Gasteiger partial charge on any atom is -0.464 e. The quantitative estimate of drug-likeness (QED) is 0.587. The lowest BCUT2D eigenvalue weighted by Crippen LogP contribution is -2.36. The SMILES string of the molecule is CC(C)(Cc1ccsc1CC[Si](C)(C)C)ONC(=O)O. The summed E-state index contributed by atoms with van der Waals surface area (Å²) in [7, 11) is -1.04. The summed E-state index contributed by atoms with van der Waals surface area (Å²) in [6.45, 7) is 10.9. The van der Waals surface area contributed by atoms with Crippen LogP contribution >= 0.6 is 11.3 Å². The molecule has 1 aromatic rings. The van der Waals surface area contributed by atoms with Gasteiger partial charge in [-0.05, 0) is 37.3 Å². The predicted octanol–water partition coefficient (Wildman–Crippen LogP) is 4.15. The summed E-state index contributed by atoms with van der Waals surface area (Å²) in [6.07, 6.45) is 0.658. The number of rotatable bonds is 7. The Balaban J connectivity index is 2.64. The largest absolute Gasteiger partial charge is 0.464 e. The number of carbonyl (C=O) groups is 1. The third-order valence-corrected chi connectivity index (χ3v) is 5.74. The number of carboxylic acid groups (broad SMARTS) is 1. The fraction of sp³-hybridized carbons (Fsp3) is 0.643. The average molecular weight is 316 g/mol. The highest BCUT2D eigenvalue weighted by molar-refractivity contribution is 7.10. The third-order valence-electron chi connectivity index (χ3n) is 2.97. The van der Waals surface area contributed by atoms with Crippen LogP contribution in [0, 0.1) is 0 Å². The van der Waals surface area contributed by atoms with E-state index < -0.39 is 19.8 Å². The van der Waals surface area contributed by atoms with Gasteiger partial charge in [0.05, 0.1) is 5.60 Å². The summed E-state index contributed by atoms with van der Waals surface area (Å²) in [6, 6.07) is 3.39. The molecule has 114 valence electrons. The summed E-state index contributed by atoms with van der Waals surface area (Å²) >= 11 is 1.79. The smallest absolute Gasteiger partial charge is 0.428 e. The highest BCUT2D eigenvalue weighted by Crippen LogP contribution is 2.26. The van der Waals surface area contributed by atoms with Crippen molar-refractivity contribution in [2.75, 3.05) is 0 Å². The Morgan fingerprint density at radius 3 is 2.65 bits per heavy atom. The van der Waals surface area contributed by atoms with Crippen molar-refractivity contribution in [3.8, 4) is 0 Å². The number of hydroxylamine groups is 1. The lowest BCUT2D eigenvalue weighted by Gasteiger charge is -2.24. The minimum atomic E-state index is -1.16. The van der Waals surface area contributed by atoms with Gasteiger partial charge in [0.1, 0.15) is 0 Å². The molecule has 0 atom stereocenters. The number of amides is 1. The van der Waals surface area contributed by atoms with Gasteiger partial charge in [0, 0.05) is 19.4 Å². The zero-order chi connectivity index (χ0) is 15.4. The molecule has 0 spiro atoms. The van der Waals surface area contributed by atoms with Gasteiger partial charge < -0.3 is 5.11 Å². The second-order valence-corrected chi connectivity index (χ2v) is 13.5. The van der Waals surface area contributed by atoms with E-state index in [1.165, 1.54) is 16.5 Å². The van der Waals surface area contributed by atoms with E-state index in [9.17, 15) is 4.79 Å². The second-order valence-electron chi connectivity index (χ2n) is 6.88. The zero-order valence-electron chi connectivity index (χ0n) is 12.9. The van der Waals surface area contributed by atoms with Gasteiger partial charge in [-0.3, -0.25) is 4.84 Å². The van der Waals surface area contributed by atoms with Crippen molar-refractivity contribution in [3.63, 3.8) is 0 Å². The molecule has 20 heavy (non-hydrogen) atoms. The Hall–Kier alpha value is -0.853. The monoisotopic (exact) mass is 315 g/mol. The number of aryl methyl sites for hydroxylation is 1. The molecule has 1 rings (SSSR count). The van der Waals surface area contributed by atoms with E-state index in [1.54, 1.807) is 11.3 Å². The van der Waals surface area contributed by atoms with E-state index in [1.807, 2.05) is 19.3 Å². The molecule has 1 amide bonds. The van der Waals surface area contributed by atoms with Crippen molar-refractivity contribution in [1.82, 2.24) is 5.48 Å². The molecule has 0 bridgehead atoms. The first-order chi connectivity index (χ1) is 9.09. The first-order valence-corrected chi connectivity index (χ1v) is 11.4. The summed E-state index contributed by atoms with van der Waals surface area (Å²) in [5.74, 6) is 0. The summed E-state index contributed by atoms with van der Waals surface area (Å²) in [5.41, 5.74) is 2.72. The minimum absolute atomic E-state index is 0.548. The molecule has 0 aliphatic carbocycles. The standard InChI is InChI=1S/C14H25NO3SSi/c1-14(2,18-15-13(16)17)10-11-6-8-19-12(11)7-9-20(3,4)5/h6,8,15H,7,9-10H2,1-5H3,(H,16,17). The van der Waals surface area contributed by atoms with Gasteiger partial charge in [0.2, 0.25) is 0 Å². The van der Waals surface area contributed by atoms with Crippen molar-refractivity contribution in [1.29, 1.82) is 0 Å². The summed E-state index contributed by atoms with van der Waals surface area (Å²) in [4.78, 5) is 17.1. The van der Waals surface area contributed by atoms with Crippen LogP contribution in [0.2, 0.25) is 25.7 Å². The van der Waals surface area contributed by atoms with Gasteiger partial charge in [-0.1, -0.05) is 25.7 Å². The maximum atomic E-state index is 10.5. The molecule has 1 heterocycles. The van der Waals surface area contributed by atoms with Gasteiger partial charge in [-0.25, -0.2) is 4.79 Å². The summed E-state index contributed by atoms with van der Waals surface area (Å²) < 4.78 is 0. The lowest BCUT2D eigenvalue weighted by atomic mass is 9.98. The molecule has 6 heteroatoms. The van der Waals surface area contributed by atoms with Crippen LogP contribution in [0.5, 0.6) is 0 Å². The average Bonchev–Trinajstić information content (AvgIpc) is 2.70. The highest BCUT2D eigenvalue weighted by atomic mass is 32.1. The predicted molar refractivity (Wildman–Crippen MR) is 86.2 cm³/mol. The first-order valence-electron chi connectivity index (χ1n) is 6.81. The molecule has 0 saturated heterocycles. The molecule has 0 radical (unpaired) electrons. The van der Waals surface area contributed by atoms with Crippen LogP contribution < -0.4 is 5.48 Å². The highest BCUT2D eigenvalue weighted by Gasteiger charge is 2.23. The van der Waals surface area contributed by atoms with E-state index in [-0.39, 0.29) is 0 Å². The molecular formula is C14H25NO3SSi. The Kier molecular flexibility index (Phi) is 5.79. The normalized spacial score (nSPS) is 12.4. The van der Waals surface area contributed by atoms with Crippen LogP contribution in [0.4, 0.5) is 4.79 Å². The van der Waals surface area contributed by atoms with Gasteiger partial charge in [-0.2, -0.15) is 5.48 Å². The Labute approximate surface area is 126 Å². The van der Waals surface area contributed by atoms with E-state index in [0.717, 1.165) is 6.42 Å². The van der Waals surface area contributed by atoms with Crippen LogP contribution in [0.15, 0.2) is 11.4 Å². The first kappa shape index (κ1) is 17.2. The van der Waals surface area contributed by atoms with Crippen molar-refractivity contribution >= 4 is 25.5 Å². The van der Waals surface area contributed by atoms with Gasteiger partial charge in [0.15, 0.2) is 0 Å². The van der Waals surface area contributed by atoms with E-state index in [2.05, 4.69) is 31.1 Å². The number of nitrogens with one attached hydrogen (secondary N) is 1. The van der Waals surface area contributed by atoms with E-state index in [0.29, 0.717) is 6.42 Å². The Morgan fingerprint density at radius 1 is 1.45 bits per heavy atom. The maximum Gasteiger partial charge on any atom is 0.428 e. The molecule has 0 aliphatic heterocycles. The van der Waals surface area contributed by atoms with Crippen molar-refractivity contribution in [2.24, 2.45) is 0 Å². The van der Waals surface area contributed by atoms with Crippen LogP contribution in [-0.2, 0) is 17.7 Å². The molecular weight excluding hydrogens is 290 g/mol. The molecule has 0 aromatic carbocycles. The topological polar surface area (TPSA) is 58.6 Å². The molecule has 0 aliphatic rings. The lowest BCUT2D eigenvalue weighted by molar-refractivity contribution is -0.0725. The van der Waals surface area contributed by atoms with Gasteiger partial charge in [-0.15, -0.1) is 11.3 Å². The van der Waals surface area contributed by atoms with Crippen molar-refractivity contribution in [2.45, 2.75) is 58.0 Å². The van der Waals surface area contributed by atoms with Gasteiger partial charge in [0.25, 0.3) is 0 Å². The Bertz CT molecular complexity index is 452. The molecule has 1 aromatic heterocycles. The fourth-order valence-electron chi connectivity index (χ4n) is 1.91. The van der Waals surface area contributed by atoms with E-state index >= 15 is 0 Å². The zero-order valence-corrected chi connectivity index (χ0v) is 14.8. The fourth-order valence-corrected chi connectivity index (χ4v) is 4.00. The Morgan fingerprint density at radius 2 is 2.10 bits per heavy atom. The van der Waals surface area contributed by atoms with Crippen molar-refractivity contribution in [3.05, 3.63) is 21.9 Å². The number of hydrogen-bond acceptors (Lipinski definition) is 3. The molecule has 0 unspecified atom stereocenters. The van der Waals surface area contributed by atoms with Crippen LogP contribution in [0.25, 0.3) is 0 Å². The molecule has 4 nitrogen and oxygen atoms in total. The van der Waals surface area contributed by atoms with Crippen LogP contribution in [-0.4, -0.2) is 24.9 Å². The number of hydrogen-bond donors (Lipinski definition) is 2.